The number of guanidine groups is 1. The van der Waals surface area contributed by atoms with Gasteiger partial charge in [0.25, 0.3) is 0 Å². The molecule has 0 saturated carbocycles. The molecular formula is C22H32IN5. The molecule has 6 heteroatoms. The van der Waals surface area contributed by atoms with E-state index in [4.69, 9.17) is 0 Å². The molecule has 1 saturated heterocycles. The number of hydrogen-bond donors (Lipinski definition) is 2. The van der Waals surface area contributed by atoms with Crippen molar-refractivity contribution < 1.29 is 0 Å². The van der Waals surface area contributed by atoms with Crippen molar-refractivity contribution in [1.82, 2.24) is 20.5 Å². The molecular weight excluding hydrogens is 461 g/mol. The maximum atomic E-state index is 4.39. The van der Waals surface area contributed by atoms with Gasteiger partial charge in [-0.25, -0.2) is 0 Å². The van der Waals surface area contributed by atoms with Crippen LogP contribution in [0.15, 0.2) is 59.7 Å². The molecule has 0 amide bonds. The van der Waals surface area contributed by atoms with E-state index < -0.39 is 0 Å². The van der Waals surface area contributed by atoms with E-state index in [9.17, 15) is 0 Å². The highest BCUT2D eigenvalue weighted by atomic mass is 127. The van der Waals surface area contributed by atoms with Gasteiger partial charge < -0.3 is 10.6 Å². The van der Waals surface area contributed by atoms with Crippen LogP contribution in [0.3, 0.4) is 0 Å². The molecule has 1 aliphatic rings. The Kier molecular flexibility index (Phi) is 9.70. The Morgan fingerprint density at radius 2 is 1.96 bits per heavy atom. The van der Waals surface area contributed by atoms with Gasteiger partial charge >= 0.3 is 0 Å². The Morgan fingerprint density at radius 3 is 2.64 bits per heavy atom. The van der Waals surface area contributed by atoms with E-state index in [1.54, 1.807) is 0 Å². The van der Waals surface area contributed by atoms with Crippen LogP contribution in [0.4, 0.5) is 0 Å². The molecule has 2 heterocycles. The SMILES string of the molecule is CN=C(NCCc1ccccn1)NC1CCN(Cc2ccccc2)C(C)C1.I. The summed E-state index contributed by atoms with van der Waals surface area (Å²) in [6, 6.07) is 17.8. The number of halogens is 1. The smallest absolute Gasteiger partial charge is 0.191 e. The van der Waals surface area contributed by atoms with Gasteiger partial charge in [-0.1, -0.05) is 36.4 Å². The number of nitrogens with one attached hydrogen (secondary N) is 2. The third-order valence-corrected chi connectivity index (χ3v) is 5.21. The monoisotopic (exact) mass is 493 g/mol. The largest absolute Gasteiger partial charge is 0.356 e. The molecule has 1 aliphatic heterocycles. The molecule has 1 aromatic carbocycles. The minimum Gasteiger partial charge on any atom is -0.356 e. The number of likely N-dealkylation sites (tertiary alicyclic amines) is 1. The molecule has 2 unspecified atom stereocenters. The van der Waals surface area contributed by atoms with Crippen molar-refractivity contribution in [2.75, 3.05) is 20.1 Å². The van der Waals surface area contributed by atoms with Gasteiger partial charge in [0.15, 0.2) is 5.96 Å². The van der Waals surface area contributed by atoms with Crippen LogP contribution in [-0.2, 0) is 13.0 Å². The molecule has 1 aromatic heterocycles. The fraction of sp³-hybridized carbons (Fsp3) is 0.455. The second-order valence-electron chi connectivity index (χ2n) is 7.24. The normalized spacial score (nSPS) is 20.3. The van der Waals surface area contributed by atoms with E-state index in [-0.39, 0.29) is 24.0 Å². The van der Waals surface area contributed by atoms with Crippen LogP contribution in [0.2, 0.25) is 0 Å². The molecule has 152 valence electrons. The molecule has 0 aliphatic carbocycles. The standard InChI is InChI=1S/C22H31N5.HI/c1-18-16-21(12-15-27(18)17-19-8-4-3-5-9-19)26-22(23-2)25-14-11-20-10-6-7-13-24-20;/h3-10,13,18,21H,11-12,14-17H2,1-2H3,(H2,23,25,26);1H. The number of benzene rings is 1. The lowest BCUT2D eigenvalue weighted by molar-refractivity contribution is 0.134. The Morgan fingerprint density at radius 1 is 1.18 bits per heavy atom. The number of pyridine rings is 1. The highest BCUT2D eigenvalue weighted by molar-refractivity contribution is 14.0. The lowest BCUT2D eigenvalue weighted by Crippen LogP contribution is -2.51. The lowest BCUT2D eigenvalue weighted by Gasteiger charge is -2.38. The topological polar surface area (TPSA) is 52.6 Å². The average Bonchev–Trinajstić information content (AvgIpc) is 2.71. The van der Waals surface area contributed by atoms with Crippen molar-refractivity contribution in [1.29, 1.82) is 0 Å². The summed E-state index contributed by atoms with van der Waals surface area (Å²) in [7, 11) is 1.84. The van der Waals surface area contributed by atoms with Crippen LogP contribution in [0.25, 0.3) is 0 Å². The predicted octanol–water partition coefficient (Wildman–Crippen LogP) is 3.46. The molecule has 0 radical (unpaired) electrons. The fourth-order valence-electron chi connectivity index (χ4n) is 3.65. The van der Waals surface area contributed by atoms with Crippen LogP contribution in [0.1, 0.15) is 31.0 Å². The van der Waals surface area contributed by atoms with Gasteiger partial charge in [-0.2, -0.15) is 0 Å². The molecule has 2 atom stereocenters. The second kappa shape index (κ2) is 12.0. The van der Waals surface area contributed by atoms with Gasteiger partial charge in [0, 0.05) is 57.1 Å². The van der Waals surface area contributed by atoms with Crippen molar-refractivity contribution in [3.8, 4) is 0 Å². The van der Waals surface area contributed by atoms with Gasteiger partial charge in [-0.3, -0.25) is 14.9 Å². The first-order valence-electron chi connectivity index (χ1n) is 9.89. The Balaban J connectivity index is 0.00000280. The van der Waals surface area contributed by atoms with Crippen LogP contribution in [0.5, 0.6) is 0 Å². The van der Waals surface area contributed by atoms with E-state index in [0.717, 1.165) is 50.6 Å². The summed E-state index contributed by atoms with van der Waals surface area (Å²) in [6.45, 7) is 5.30. The highest BCUT2D eigenvalue weighted by Gasteiger charge is 2.25. The Bertz CT molecular complexity index is 707. The zero-order valence-electron chi connectivity index (χ0n) is 16.8. The summed E-state index contributed by atoms with van der Waals surface area (Å²) in [4.78, 5) is 11.3. The molecule has 1 fully saturated rings. The number of rotatable bonds is 6. The van der Waals surface area contributed by atoms with Gasteiger partial charge in [0.1, 0.15) is 0 Å². The van der Waals surface area contributed by atoms with Gasteiger partial charge in [-0.15, -0.1) is 24.0 Å². The van der Waals surface area contributed by atoms with Gasteiger partial charge in [0.2, 0.25) is 0 Å². The number of hydrogen-bond acceptors (Lipinski definition) is 3. The number of aromatic nitrogens is 1. The summed E-state index contributed by atoms with van der Waals surface area (Å²) in [5, 5.41) is 7.01. The zero-order chi connectivity index (χ0) is 18.9. The van der Waals surface area contributed by atoms with Gasteiger partial charge in [-0.05, 0) is 37.5 Å². The predicted molar refractivity (Wildman–Crippen MR) is 127 cm³/mol. The molecule has 3 rings (SSSR count). The minimum atomic E-state index is 0. The first-order chi connectivity index (χ1) is 13.2. The van der Waals surface area contributed by atoms with Crippen molar-refractivity contribution in [3.63, 3.8) is 0 Å². The number of nitrogens with zero attached hydrogens (tertiary/aromatic N) is 3. The van der Waals surface area contributed by atoms with E-state index in [1.165, 1.54) is 5.56 Å². The van der Waals surface area contributed by atoms with Crippen molar-refractivity contribution in [2.24, 2.45) is 4.99 Å². The molecule has 0 spiro atoms. The third-order valence-electron chi connectivity index (χ3n) is 5.21. The minimum absolute atomic E-state index is 0. The molecule has 5 nitrogen and oxygen atoms in total. The van der Waals surface area contributed by atoms with Crippen LogP contribution >= 0.6 is 24.0 Å². The second-order valence-corrected chi connectivity index (χ2v) is 7.24. The van der Waals surface area contributed by atoms with Gasteiger partial charge in [0.05, 0.1) is 0 Å². The third kappa shape index (κ3) is 7.05. The first-order valence-corrected chi connectivity index (χ1v) is 9.89. The molecule has 28 heavy (non-hydrogen) atoms. The molecule has 2 aromatic rings. The maximum absolute atomic E-state index is 4.39. The lowest BCUT2D eigenvalue weighted by atomic mass is 9.97. The summed E-state index contributed by atoms with van der Waals surface area (Å²) in [6.07, 6.45) is 5.01. The van der Waals surface area contributed by atoms with Crippen molar-refractivity contribution in [3.05, 3.63) is 66.0 Å². The van der Waals surface area contributed by atoms with E-state index in [2.05, 4.69) is 68.8 Å². The van der Waals surface area contributed by atoms with Crippen LogP contribution in [0, 0.1) is 0 Å². The Labute approximate surface area is 186 Å². The average molecular weight is 493 g/mol. The Hall–Kier alpha value is -1.67. The molecule has 2 N–H and O–H groups in total. The fourth-order valence-corrected chi connectivity index (χ4v) is 3.65. The first kappa shape index (κ1) is 22.6. The van der Waals surface area contributed by atoms with E-state index in [0.29, 0.717) is 12.1 Å². The quantitative estimate of drug-likeness (QED) is 0.368. The molecule has 0 bridgehead atoms. The highest BCUT2D eigenvalue weighted by Crippen LogP contribution is 2.19. The summed E-state index contributed by atoms with van der Waals surface area (Å²) >= 11 is 0. The summed E-state index contributed by atoms with van der Waals surface area (Å²) in [5.41, 5.74) is 2.49. The maximum Gasteiger partial charge on any atom is 0.191 e. The van der Waals surface area contributed by atoms with Crippen molar-refractivity contribution >= 4 is 29.9 Å². The van der Waals surface area contributed by atoms with Crippen LogP contribution < -0.4 is 10.6 Å². The van der Waals surface area contributed by atoms with Crippen molar-refractivity contribution in [2.45, 2.75) is 44.8 Å². The van der Waals surface area contributed by atoms with Crippen LogP contribution in [-0.4, -0.2) is 48.1 Å². The zero-order valence-corrected chi connectivity index (χ0v) is 19.2. The van der Waals surface area contributed by atoms with E-state index >= 15 is 0 Å². The number of piperidine rings is 1. The summed E-state index contributed by atoms with van der Waals surface area (Å²) < 4.78 is 0. The number of aliphatic imine (C=N–C) groups is 1. The van der Waals surface area contributed by atoms with E-state index in [1.807, 2.05) is 25.4 Å². The summed E-state index contributed by atoms with van der Waals surface area (Å²) in [5.74, 6) is 0.889.